The highest BCUT2D eigenvalue weighted by Crippen LogP contribution is 2.22. The molecule has 0 unspecified atom stereocenters. The number of rotatable bonds is 6. The molecule has 0 radical (unpaired) electrons. The molecule has 0 spiro atoms. The highest BCUT2D eigenvalue weighted by Gasteiger charge is 2.29. The molecule has 0 aliphatic carbocycles. The van der Waals surface area contributed by atoms with Gasteiger partial charge in [0.15, 0.2) is 5.82 Å². The molecule has 1 aliphatic rings. The minimum absolute atomic E-state index is 0.391. The lowest BCUT2D eigenvalue weighted by Gasteiger charge is -2.35. The van der Waals surface area contributed by atoms with Gasteiger partial charge in [-0.2, -0.15) is 4.31 Å². The van der Waals surface area contributed by atoms with Crippen molar-refractivity contribution < 1.29 is 13.2 Å². The highest BCUT2D eigenvalue weighted by atomic mass is 32.2. The summed E-state index contributed by atoms with van der Waals surface area (Å²) in [5.74, 6) is 1.60. The lowest BCUT2D eigenvalue weighted by Crippen LogP contribution is -2.50. The van der Waals surface area contributed by atoms with Crippen LogP contribution in [0.3, 0.4) is 0 Å². The Hall–Kier alpha value is -2.19. The topological polar surface area (TPSA) is 75.6 Å². The Morgan fingerprint density at radius 1 is 1.00 bits per heavy atom. The van der Waals surface area contributed by atoms with Crippen LogP contribution in [0.15, 0.2) is 36.4 Å². The third kappa shape index (κ3) is 4.39. The Kier molecular flexibility index (Phi) is 5.96. The molecule has 2 aromatic rings. The largest absolute Gasteiger partial charge is 0.494 e. The minimum atomic E-state index is -3.20. The summed E-state index contributed by atoms with van der Waals surface area (Å²) in [5.41, 5.74) is 1.77. The van der Waals surface area contributed by atoms with Crippen molar-refractivity contribution in [3.8, 4) is 17.0 Å². The summed E-state index contributed by atoms with van der Waals surface area (Å²) in [7, 11) is -3.20. The molecule has 1 aromatic carbocycles. The molecule has 0 saturated carbocycles. The van der Waals surface area contributed by atoms with Crippen LogP contribution in [-0.2, 0) is 10.0 Å². The monoisotopic (exact) mass is 390 g/mol. The molecule has 0 atom stereocenters. The zero-order valence-electron chi connectivity index (χ0n) is 16.0. The Balaban J connectivity index is 1.64. The summed E-state index contributed by atoms with van der Waals surface area (Å²) in [6, 6.07) is 11.6. The Labute approximate surface area is 161 Å². The molecule has 0 N–H and O–H groups in total. The summed E-state index contributed by atoms with van der Waals surface area (Å²) in [6.07, 6.45) is 0. The molecule has 0 bridgehead atoms. The molecule has 0 amide bonds. The molecule has 3 rings (SSSR count). The maximum absolute atomic E-state index is 12.3. The maximum atomic E-state index is 12.3. The van der Waals surface area contributed by atoms with Gasteiger partial charge in [0, 0.05) is 31.7 Å². The molecular weight excluding hydrogens is 364 g/mol. The van der Waals surface area contributed by atoms with Gasteiger partial charge >= 0.3 is 0 Å². The highest BCUT2D eigenvalue weighted by molar-refractivity contribution is 7.89. The second-order valence-corrected chi connectivity index (χ2v) is 9.20. The predicted molar refractivity (Wildman–Crippen MR) is 106 cm³/mol. The molecular formula is C19H26N4O3S. The Bertz CT molecular complexity index is 844. The summed E-state index contributed by atoms with van der Waals surface area (Å²) >= 11 is 0. The fourth-order valence-electron chi connectivity index (χ4n) is 3.01. The third-order valence-corrected chi connectivity index (χ3v) is 6.91. The van der Waals surface area contributed by atoms with Crippen LogP contribution in [0.25, 0.3) is 11.3 Å². The maximum Gasteiger partial charge on any atom is 0.216 e. The van der Waals surface area contributed by atoms with Crippen LogP contribution in [0.4, 0.5) is 5.82 Å². The van der Waals surface area contributed by atoms with E-state index in [1.54, 1.807) is 18.2 Å². The van der Waals surface area contributed by atoms with Gasteiger partial charge in [0.1, 0.15) is 5.75 Å². The van der Waals surface area contributed by atoms with Crippen LogP contribution in [0.2, 0.25) is 0 Å². The number of aromatic nitrogens is 2. The summed E-state index contributed by atoms with van der Waals surface area (Å²) < 4.78 is 31.5. The Morgan fingerprint density at radius 3 is 2.19 bits per heavy atom. The zero-order valence-corrected chi connectivity index (χ0v) is 16.8. The summed E-state index contributed by atoms with van der Waals surface area (Å²) in [6.45, 7) is 8.20. The molecule has 27 heavy (non-hydrogen) atoms. The van der Waals surface area contributed by atoms with Crippen molar-refractivity contribution >= 4 is 15.8 Å². The average molecular weight is 391 g/mol. The van der Waals surface area contributed by atoms with Gasteiger partial charge in [-0.25, -0.2) is 8.42 Å². The van der Waals surface area contributed by atoms with E-state index in [0.717, 1.165) is 22.8 Å². The van der Waals surface area contributed by atoms with Gasteiger partial charge in [-0.3, -0.25) is 0 Å². The number of anilines is 1. The van der Waals surface area contributed by atoms with Crippen LogP contribution < -0.4 is 9.64 Å². The van der Waals surface area contributed by atoms with E-state index in [4.69, 9.17) is 4.74 Å². The lowest BCUT2D eigenvalue weighted by molar-refractivity contribution is 0.340. The van der Waals surface area contributed by atoms with Crippen molar-refractivity contribution in [1.29, 1.82) is 0 Å². The van der Waals surface area contributed by atoms with E-state index in [2.05, 4.69) is 15.1 Å². The van der Waals surface area contributed by atoms with Crippen LogP contribution in [-0.4, -0.2) is 61.0 Å². The second-order valence-electron chi connectivity index (χ2n) is 6.71. The van der Waals surface area contributed by atoms with Gasteiger partial charge in [-0.05, 0) is 57.2 Å². The zero-order chi connectivity index (χ0) is 19.4. The fourth-order valence-corrected chi connectivity index (χ4v) is 4.27. The van der Waals surface area contributed by atoms with Gasteiger partial charge < -0.3 is 9.64 Å². The normalized spacial score (nSPS) is 15.9. The number of hydrogen-bond donors (Lipinski definition) is 0. The quantitative estimate of drug-likeness (QED) is 0.754. The lowest BCUT2D eigenvalue weighted by atomic mass is 10.1. The molecule has 146 valence electrons. The fraction of sp³-hybridized carbons (Fsp3) is 0.474. The van der Waals surface area contributed by atoms with E-state index in [-0.39, 0.29) is 0 Å². The van der Waals surface area contributed by atoms with Crippen molar-refractivity contribution in [2.75, 3.05) is 37.7 Å². The standard InChI is InChI=1S/C19H26N4O3S/c1-4-26-17-7-5-16(6-8-17)18-9-10-19(21-20-18)22-11-13-23(14-12-22)27(24,25)15(2)3/h5-10,15H,4,11-14H2,1-3H3. The summed E-state index contributed by atoms with van der Waals surface area (Å²) in [5, 5.41) is 8.28. The first-order chi connectivity index (χ1) is 12.9. The first-order valence-corrected chi connectivity index (χ1v) is 10.7. The first kappa shape index (κ1) is 19.6. The van der Waals surface area contributed by atoms with E-state index < -0.39 is 15.3 Å². The molecule has 1 fully saturated rings. The smallest absolute Gasteiger partial charge is 0.216 e. The van der Waals surface area contributed by atoms with E-state index in [1.807, 2.05) is 43.3 Å². The predicted octanol–water partition coefficient (Wildman–Crippen LogP) is 2.40. The summed E-state index contributed by atoms with van der Waals surface area (Å²) in [4.78, 5) is 2.07. The van der Waals surface area contributed by atoms with Gasteiger partial charge in [-0.15, -0.1) is 10.2 Å². The van der Waals surface area contributed by atoms with Crippen molar-refractivity contribution in [2.24, 2.45) is 0 Å². The molecule has 1 saturated heterocycles. The van der Waals surface area contributed by atoms with Crippen molar-refractivity contribution in [3.05, 3.63) is 36.4 Å². The van der Waals surface area contributed by atoms with Crippen LogP contribution in [0.5, 0.6) is 5.75 Å². The number of nitrogens with zero attached hydrogens (tertiary/aromatic N) is 4. The van der Waals surface area contributed by atoms with Crippen molar-refractivity contribution in [3.63, 3.8) is 0 Å². The van der Waals surface area contributed by atoms with Crippen LogP contribution in [0, 0.1) is 0 Å². The van der Waals surface area contributed by atoms with E-state index in [9.17, 15) is 8.42 Å². The number of sulfonamides is 1. The second kappa shape index (κ2) is 8.22. The van der Waals surface area contributed by atoms with Crippen molar-refractivity contribution in [1.82, 2.24) is 14.5 Å². The van der Waals surface area contributed by atoms with E-state index in [1.165, 1.54) is 0 Å². The van der Waals surface area contributed by atoms with E-state index in [0.29, 0.717) is 32.8 Å². The number of ether oxygens (including phenoxy) is 1. The SMILES string of the molecule is CCOc1ccc(-c2ccc(N3CCN(S(=O)(=O)C(C)C)CC3)nn2)cc1. The molecule has 2 heterocycles. The first-order valence-electron chi connectivity index (χ1n) is 9.22. The van der Waals surface area contributed by atoms with Crippen molar-refractivity contribution in [2.45, 2.75) is 26.0 Å². The number of piperazine rings is 1. The number of benzene rings is 1. The van der Waals surface area contributed by atoms with Crippen LogP contribution >= 0.6 is 0 Å². The number of hydrogen-bond acceptors (Lipinski definition) is 6. The average Bonchev–Trinajstić information content (AvgIpc) is 2.69. The third-order valence-electron chi connectivity index (χ3n) is 4.63. The van der Waals surface area contributed by atoms with Gasteiger partial charge in [-0.1, -0.05) is 0 Å². The minimum Gasteiger partial charge on any atom is -0.494 e. The molecule has 7 nitrogen and oxygen atoms in total. The van der Waals surface area contributed by atoms with E-state index >= 15 is 0 Å². The molecule has 1 aromatic heterocycles. The molecule has 1 aliphatic heterocycles. The Morgan fingerprint density at radius 2 is 1.67 bits per heavy atom. The van der Waals surface area contributed by atoms with Gasteiger partial charge in [0.2, 0.25) is 10.0 Å². The van der Waals surface area contributed by atoms with Crippen LogP contribution in [0.1, 0.15) is 20.8 Å². The molecule has 8 heteroatoms. The van der Waals surface area contributed by atoms with Gasteiger partial charge in [0.05, 0.1) is 17.6 Å². The van der Waals surface area contributed by atoms with Gasteiger partial charge in [0.25, 0.3) is 0 Å².